The topological polar surface area (TPSA) is 43.8 Å². The molecule has 1 aromatic carbocycles. The standard InChI is InChI=1S/C14H18BrN3/c1-2-14(16)7-12-8-17-18(10-12)9-11-3-5-13(15)6-4-11/h3-6,8,10,14H,2,7,9,16H2,1H3. The van der Waals surface area contributed by atoms with E-state index < -0.39 is 0 Å². The van der Waals surface area contributed by atoms with Crippen LogP contribution in [0.3, 0.4) is 0 Å². The number of aromatic nitrogens is 2. The van der Waals surface area contributed by atoms with Crippen molar-refractivity contribution in [3.8, 4) is 0 Å². The first-order chi connectivity index (χ1) is 8.67. The average Bonchev–Trinajstić information content (AvgIpc) is 2.79. The van der Waals surface area contributed by atoms with Gasteiger partial charge in [0.05, 0.1) is 12.7 Å². The second-order valence-electron chi connectivity index (χ2n) is 4.55. The van der Waals surface area contributed by atoms with Crippen LogP contribution in [0.25, 0.3) is 0 Å². The summed E-state index contributed by atoms with van der Waals surface area (Å²) in [4.78, 5) is 0. The van der Waals surface area contributed by atoms with Crippen molar-refractivity contribution in [2.45, 2.75) is 32.4 Å². The summed E-state index contributed by atoms with van der Waals surface area (Å²) in [5, 5.41) is 4.37. The number of hydrogen-bond donors (Lipinski definition) is 1. The summed E-state index contributed by atoms with van der Waals surface area (Å²) in [6.45, 7) is 2.91. The van der Waals surface area contributed by atoms with Crippen molar-refractivity contribution in [3.05, 3.63) is 52.3 Å². The van der Waals surface area contributed by atoms with E-state index >= 15 is 0 Å². The highest BCUT2D eigenvalue weighted by Gasteiger charge is 2.04. The predicted octanol–water partition coefficient (Wildman–Crippen LogP) is 2.97. The molecule has 0 amide bonds. The highest BCUT2D eigenvalue weighted by Crippen LogP contribution is 2.12. The summed E-state index contributed by atoms with van der Waals surface area (Å²) in [6, 6.07) is 8.53. The van der Waals surface area contributed by atoms with E-state index in [-0.39, 0.29) is 6.04 Å². The van der Waals surface area contributed by atoms with Gasteiger partial charge >= 0.3 is 0 Å². The average molecular weight is 308 g/mol. The van der Waals surface area contributed by atoms with Gasteiger partial charge in [0.2, 0.25) is 0 Å². The van der Waals surface area contributed by atoms with Crippen LogP contribution in [0.2, 0.25) is 0 Å². The van der Waals surface area contributed by atoms with Gasteiger partial charge in [-0.1, -0.05) is 35.0 Å². The molecule has 1 atom stereocenters. The zero-order valence-electron chi connectivity index (χ0n) is 10.5. The first kappa shape index (κ1) is 13.3. The first-order valence-corrected chi connectivity index (χ1v) is 6.98. The Balaban J connectivity index is 2.00. The largest absolute Gasteiger partial charge is 0.327 e. The Hall–Kier alpha value is -1.13. The molecule has 0 aliphatic rings. The Morgan fingerprint density at radius 2 is 2.00 bits per heavy atom. The lowest BCUT2D eigenvalue weighted by Gasteiger charge is -2.05. The van der Waals surface area contributed by atoms with Gasteiger partial charge in [-0.25, -0.2) is 0 Å². The van der Waals surface area contributed by atoms with Crippen molar-refractivity contribution in [1.82, 2.24) is 9.78 Å². The molecule has 0 aliphatic carbocycles. The summed E-state index contributed by atoms with van der Waals surface area (Å²) in [5.74, 6) is 0. The molecule has 0 bridgehead atoms. The molecule has 96 valence electrons. The fourth-order valence-electron chi connectivity index (χ4n) is 1.82. The van der Waals surface area contributed by atoms with E-state index in [4.69, 9.17) is 5.73 Å². The van der Waals surface area contributed by atoms with Gasteiger partial charge in [0.1, 0.15) is 0 Å². The third kappa shape index (κ3) is 3.68. The SMILES string of the molecule is CCC(N)Cc1cnn(Cc2ccc(Br)cc2)c1. The zero-order chi connectivity index (χ0) is 13.0. The Morgan fingerprint density at radius 3 is 2.67 bits per heavy atom. The summed E-state index contributed by atoms with van der Waals surface area (Å²) in [6.07, 6.45) is 5.89. The minimum absolute atomic E-state index is 0.232. The molecule has 2 N–H and O–H groups in total. The van der Waals surface area contributed by atoms with Crippen LogP contribution in [-0.2, 0) is 13.0 Å². The van der Waals surface area contributed by atoms with Gasteiger partial charge < -0.3 is 5.73 Å². The van der Waals surface area contributed by atoms with Crippen LogP contribution >= 0.6 is 15.9 Å². The third-order valence-electron chi connectivity index (χ3n) is 2.97. The number of benzene rings is 1. The smallest absolute Gasteiger partial charge is 0.0659 e. The summed E-state index contributed by atoms with van der Waals surface area (Å²) < 4.78 is 3.06. The molecular formula is C14H18BrN3. The minimum Gasteiger partial charge on any atom is -0.327 e. The van der Waals surface area contributed by atoms with Gasteiger partial charge in [-0.15, -0.1) is 0 Å². The normalized spacial score (nSPS) is 12.6. The summed E-state index contributed by atoms with van der Waals surface area (Å²) in [7, 11) is 0. The van der Waals surface area contributed by atoms with Crippen molar-refractivity contribution < 1.29 is 0 Å². The molecule has 1 aromatic heterocycles. The van der Waals surface area contributed by atoms with Crippen LogP contribution in [0, 0.1) is 0 Å². The number of hydrogen-bond acceptors (Lipinski definition) is 2. The van der Waals surface area contributed by atoms with E-state index in [1.807, 2.05) is 23.0 Å². The Labute approximate surface area is 116 Å². The quantitative estimate of drug-likeness (QED) is 0.923. The molecule has 18 heavy (non-hydrogen) atoms. The van der Waals surface area contributed by atoms with E-state index in [0.29, 0.717) is 0 Å². The second kappa shape index (κ2) is 6.16. The van der Waals surface area contributed by atoms with Crippen LogP contribution in [0.15, 0.2) is 41.1 Å². The fraction of sp³-hybridized carbons (Fsp3) is 0.357. The lowest BCUT2D eigenvalue weighted by Crippen LogP contribution is -2.21. The van der Waals surface area contributed by atoms with Crippen molar-refractivity contribution in [2.75, 3.05) is 0 Å². The molecule has 0 spiro atoms. The maximum atomic E-state index is 5.94. The zero-order valence-corrected chi connectivity index (χ0v) is 12.1. The number of rotatable bonds is 5. The van der Waals surface area contributed by atoms with E-state index in [1.165, 1.54) is 11.1 Å². The van der Waals surface area contributed by atoms with E-state index in [9.17, 15) is 0 Å². The first-order valence-electron chi connectivity index (χ1n) is 6.18. The van der Waals surface area contributed by atoms with Crippen LogP contribution in [0.5, 0.6) is 0 Å². The molecule has 0 radical (unpaired) electrons. The monoisotopic (exact) mass is 307 g/mol. The highest BCUT2D eigenvalue weighted by atomic mass is 79.9. The molecule has 2 aromatic rings. The van der Waals surface area contributed by atoms with Crippen molar-refractivity contribution in [1.29, 1.82) is 0 Å². The molecule has 4 heteroatoms. The van der Waals surface area contributed by atoms with Gasteiger partial charge in [0, 0.05) is 16.7 Å². The van der Waals surface area contributed by atoms with Gasteiger partial charge in [-0.2, -0.15) is 5.10 Å². The maximum Gasteiger partial charge on any atom is 0.0659 e. The molecule has 0 fully saturated rings. The molecule has 1 heterocycles. The molecule has 2 rings (SSSR count). The van der Waals surface area contributed by atoms with Crippen LogP contribution < -0.4 is 5.73 Å². The molecular weight excluding hydrogens is 290 g/mol. The molecule has 0 saturated carbocycles. The van der Waals surface area contributed by atoms with E-state index in [0.717, 1.165) is 23.9 Å². The Kier molecular flexibility index (Phi) is 4.55. The maximum absolute atomic E-state index is 5.94. The van der Waals surface area contributed by atoms with Crippen molar-refractivity contribution in [3.63, 3.8) is 0 Å². The number of nitrogens with two attached hydrogens (primary N) is 1. The molecule has 0 aliphatic heterocycles. The summed E-state index contributed by atoms with van der Waals surface area (Å²) >= 11 is 3.43. The number of nitrogens with zero attached hydrogens (tertiary/aromatic N) is 2. The Morgan fingerprint density at radius 1 is 1.28 bits per heavy atom. The lowest BCUT2D eigenvalue weighted by molar-refractivity contribution is 0.644. The molecule has 3 nitrogen and oxygen atoms in total. The van der Waals surface area contributed by atoms with Crippen LogP contribution in [0.1, 0.15) is 24.5 Å². The minimum atomic E-state index is 0.232. The fourth-order valence-corrected chi connectivity index (χ4v) is 2.09. The van der Waals surface area contributed by atoms with Crippen LogP contribution in [0.4, 0.5) is 0 Å². The van der Waals surface area contributed by atoms with E-state index in [1.54, 1.807) is 0 Å². The van der Waals surface area contributed by atoms with Gasteiger partial charge in [-0.05, 0) is 36.1 Å². The third-order valence-corrected chi connectivity index (χ3v) is 3.50. The van der Waals surface area contributed by atoms with Crippen molar-refractivity contribution >= 4 is 15.9 Å². The molecule has 1 unspecified atom stereocenters. The van der Waals surface area contributed by atoms with Gasteiger partial charge in [-0.3, -0.25) is 4.68 Å². The van der Waals surface area contributed by atoms with Gasteiger partial charge in [0.15, 0.2) is 0 Å². The number of halogens is 1. The predicted molar refractivity (Wildman–Crippen MR) is 77.4 cm³/mol. The van der Waals surface area contributed by atoms with Crippen LogP contribution in [-0.4, -0.2) is 15.8 Å². The highest BCUT2D eigenvalue weighted by molar-refractivity contribution is 9.10. The Bertz CT molecular complexity index is 490. The lowest BCUT2D eigenvalue weighted by atomic mass is 10.1. The van der Waals surface area contributed by atoms with E-state index in [2.05, 4.69) is 46.3 Å². The van der Waals surface area contributed by atoms with Gasteiger partial charge in [0.25, 0.3) is 0 Å². The molecule has 0 saturated heterocycles. The second-order valence-corrected chi connectivity index (χ2v) is 5.46. The van der Waals surface area contributed by atoms with Crippen molar-refractivity contribution in [2.24, 2.45) is 5.73 Å². The summed E-state index contributed by atoms with van der Waals surface area (Å²) in [5.41, 5.74) is 8.39.